The molecule has 0 aliphatic heterocycles. The number of benzene rings is 2. The van der Waals surface area contributed by atoms with Gasteiger partial charge in [-0.3, -0.25) is 9.59 Å². The lowest BCUT2D eigenvalue weighted by Crippen LogP contribution is -2.18. The SMILES string of the molecule is CCOc1ccc(C(=O)COC(=O)c2cc(OC)c(OC)cc2NC(=O)c2cccs2)cc1. The molecule has 0 aliphatic carbocycles. The number of ether oxygens (including phenoxy) is 4. The van der Waals surface area contributed by atoms with Gasteiger partial charge in [0.05, 0.1) is 37.0 Å². The molecule has 0 atom stereocenters. The summed E-state index contributed by atoms with van der Waals surface area (Å²) in [7, 11) is 2.86. The maximum atomic E-state index is 12.8. The minimum atomic E-state index is -0.795. The molecule has 0 unspecified atom stereocenters. The molecule has 1 aromatic heterocycles. The molecule has 0 fully saturated rings. The molecule has 3 rings (SSSR count). The summed E-state index contributed by atoms with van der Waals surface area (Å²) in [5, 5.41) is 4.46. The third-order valence-corrected chi connectivity index (χ3v) is 5.43. The van der Waals surface area contributed by atoms with E-state index in [1.54, 1.807) is 41.8 Å². The fraction of sp³-hybridized carbons (Fsp3) is 0.208. The van der Waals surface area contributed by atoms with Crippen LogP contribution in [0.2, 0.25) is 0 Å². The summed E-state index contributed by atoms with van der Waals surface area (Å²) in [5.41, 5.74) is 0.575. The fourth-order valence-electron chi connectivity index (χ4n) is 2.94. The number of anilines is 1. The standard InChI is InChI=1S/C24H23NO7S/c1-4-31-16-9-7-15(8-10-16)19(26)14-32-24(28)17-12-20(29-2)21(30-3)13-18(17)25-23(27)22-6-5-11-33-22/h5-13H,4,14H2,1-3H3,(H,25,27). The molecule has 2 aromatic carbocycles. The molecule has 0 radical (unpaired) electrons. The number of methoxy groups -OCH3 is 2. The fourth-order valence-corrected chi connectivity index (χ4v) is 3.56. The van der Waals surface area contributed by atoms with Crippen molar-refractivity contribution in [2.45, 2.75) is 6.92 Å². The molecule has 1 heterocycles. The Morgan fingerprint density at radius 2 is 1.67 bits per heavy atom. The lowest BCUT2D eigenvalue weighted by molar-refractivity contribution is 0.0475. The van der Waals surface area contributed by atoms with Crippen LogP contribution < -0.4 is 19.5 Å². The third kappa shape index (κ3) is 5.89. The average molecular weight is 470 g/mol. The molecule has 0 bridgehead atoms. The van der Waals surface area contributed by atoms with Gasteiger partial charge in [0, 0.05) is 17.7 Å². The Morgan fingerprint density at radius 3 is 2.27 bits per heavy atom. The highest BCUT2D eigenvalue weighted by Gasteiger charge is 2.21. The van der Waals surface area contributed by atoms with E-state index in [2.05, 4.69) is 5.32 Å². The molecular weight excluding hydrogens is 446 g/mol. The van der Waals surface area contributed by atoms with E-state index < -0.39 is 18.5 Å². The van der Waals surface area contributed by atoms with Gasteiger partial charge in [-0.2, -0.15) is 0 Å². The maximum absolute atomic E-state index is 12.8. The van der Waals surface area contributed by atoms with Crippen LogP contribution in [0.5, 0.6) is 17.2 Å². The number of esters is 1. The van der Waals surface area contributed by atoms with Crippen molar-refractivity contribution in [3.8, 4) is 17.2 Å². The van der Waals surface area contributed by atoms with E-state index in [4.69, 9.17) is 18.9 Å². The van der Waals surface area contributed by atoms with Gasteiger partial charge >= 0.3 is 5.97 Å². The average Bonchev–Trinajstić information content (AvgIpc) is 3.38. The Morgan fingerprint density at radius 1 is 0.970 bits per heavy atom. The number of nitrogens with one attached hydrogen (secondary N) is 1. The highest BCUT2D eigenvalue weighted by atomic mass is 32.1. The summed E-state index contributed by atoms with van der Waals surface area (Å²) in [6, 6.07) is 12.8. The number of hydrogen-bond acceptors (Lipinski definition) is 8. The number of ketones is 1. The van der Waals surface area contributed by atoms with E-state index in [0.717, 1.165) is 0 Å². The predicted molar refractivity (Wildman–Crippen MR) is 124 cm³/mol. The monoisotopic (exact) mass is 469 g/mol. The minimum Gasteiger partial charge on any atom is -0.494 e. The molecule has 9 heteroatoms. The first-order chi connectivity index (χ1) is 16.0. The van der Waals surface area contributed by atoms with Crippen molar-refractivity contribution in [3.05, 3.63) is 69.9 Å². The van der Waals surface area contributed by atoms with Crippen molar-refractivity contribution in [1.29, 1.82) is 0 Å². The van der Waals surface area contributed by atoms with Crippen LogP contribution in [-0.4, -0.2) is 45.1 Å². The van der Waals surface area contributed by atoms with Gasteiger partial charge in [0.15, 0.2) is 23.9 Å². The highest BCUT2D eigenvalue weighted by molar-refractivity contribution is 7.12. The summed E-state index contributed by atoms with van der Waals surface area (Å²) in [6.07, 6.45) is 0. The Bertz CT molecular complexity index is 1120. The van der Waals surface area contributed by atoms with Crippen molar-refractivity contribution in [1.82, 2.24) is 0 Å². The molecular formula is C24H23NO7S. The molecule has 0 saturated heterocycles. The van der Waals surface area contributed by atoms with Crippen LogP contribution in [0, 0.1) is 0 Å². The van der Waals surface area contributed by atoms with Crippen LogP contribution in [-0.2, 0) is 4.74 Å². The van der Waals surface area contributed by atoms with E-state index in [0.29, 0.717) is 28.5 Å². The largest absolute Gasteiger partial charge is 0.494 e. The van der Waals surface area contributed by atoms with E-state index in [9.17, 15) is 14.4 Å². The Kier molecular flexibility index (Phi) is 8.04. The van der Waals surface area contributed by atoms with Gasteiger partial charge < -0.3 is 24.3 Å². The van der Waals surface area contributed by atoms with Crippen molar-refractivity contribution >= 4 is 34.7 Å². The van der Waals surface area contributed by atoms with Crippen LogP contribution in [0.4, 0.5) is 5.69 Å². The van der Waals surface area contributed by atoms with Crippen LogP contribution in [0.1, 0.15) is 37.3 Å². The first-order valence-electron chi connectivity index (χ1n) is 10.0. The first-order valence-corrected chi connectivity index (χ1v) is 10.9. The number of Topliss-reactive ketones (excluding diaryl/α,β-unsaturated/α-hetero) is 1. The zero-order valence-electron chi connectivity index (χ0n) is 18.4. The zero-order valence-corrected chi connectivity index (χ0v) is 19.2. The summed E-state index contributed by atoms with van der Waals surface area (Å²) in [6.45, 7) is 1.91. The summed E-state index contributed by atoms with van der Waals surface area (Å²) in [5.74, 6) is -0.329. The second kappa shape index (κ2) is 11.1. The lowest BCUT2D eigenvalue weighted by atomic mass is 10.1. The zero-order chi connectivity index (χ0) is 23.8. The van der Waals surface area contributed by atoms with Gasteiger partial charge in [-0.1, -0.05) is 6.07 Å². The maximum Gasteiger partial charge on any atom is 0.340 e. The number of amides is 1. The predicted octanol–water partition coefficient (Wildman–Crippen LogP) is 4.46. The van der Waals surface area contributed by atoms with E-state index in [1.807, 2.05) is 6.92 Å². The molecule has 172 valence electrons. The van der Waals surface area contributed by atoms with Gasteiger partial charge in [-0.05, 0) is 42.6 Å². The molecule has 33 heavy (non-hydrogen) atoms. The summed E-state index contributed by atoms with van der Waals surface area (Å²) >= 11 is 1.26. The van der Waals surface area contributed by atoms with Crippen LogP contribution >= 0.6 is 11.3 Å². The molecule has 1 N–H and O–H groups in total. The quantitative estimate of drug-likeness (QED) is 0.346. The number of rotatable bonds is 10. The first kappa shape index (κ1) is 23.8. The van der Waals surface area contributed by atoms with Crippen molar-refractivity contribution in [2.24, 2.45) is 0 Å². The summed E-state index contributed by atoms with van der Waals surface area (Å²) < 4.78 is 21.1. The normalized spacial score (nSPS) is 10.3. The van der Waals surface area contributed by atoms with E-state index >= 15 is 0 Å². The smallest absolute Gasteiger partial charge is 0.340 e. The van der Waals surface area contributed by atoms with Gasteiger partial charge in [0.25, 0.3) is 5.91 Å². The van der Waals surface area contributed by atoms with Crippen LogP contribution in [0.15, 0.2) is 53.9 Å². The van der Waals surface area contributed by atoms with E-state index in [1.165, 1.54) is 37.7 Å². The molecule has 8 nitrogen and oxygen atoms in total. The van der Waals surface area contributed by atoms with Crippen LogP contribution in [0.3, 0.4) is 0 Å². The second-order valence-corrected chi connectivity index (χ2v) is 7.59. The topological polar surface area (TPSA) is 100 Å². The Balaban J connectivity index is 1.78. The molecule has 3 aromatic rings. The number of thiophene rings is 1. The Hall–Kier alpha value is -3.85. The van der Waals surface area contributed by atoms with Gasteiger partial charge in [-0.15, -0.1) is 11.3 Å². The Labute approximate surface area is 195 Å². The molecule has 0 saturated carbocycles. The van der Waals surface area contributed by atoms with Gasteiger partial charge in [0.2, 0.25) is 0 Å². The number of carbonyl (C=O) groups excluding carboxylic acids is 3. The summed E-state index contributed by atoms with van der Waals surface area (Å²) in [4.78, 5) is 38.3. The van der Waals surface area contributed by atoms with Crippen LogP contribution in [0.25, 0.3) is 0 Å². The molecule has 1 amide bonds. The van der Waals surface area contributed by atoms with Crippen molar-refractivity contribution < 1.29 is 33.3 Å². The minimum absolute atomic E-state index is 0.0250. The van der Waals surface area contributed by atoms with E-state index in [-0.39, 0.29) is 22.8 Å². The second-order valence-electron chi connectivity index (χ2n) is 6.64. The van der Waals surface area contributed by atoms with Crippen molar-refractivity contribution in [3.63, 3.8) is 0 Å². The van der Waals surface area contributed by atoms with Gasteiger partial charge in [-0.25, -0.2) is 4.79 Å². The van der Waals surface area contributed by atoms with Gasteiger partial charge in [0.1, 0.15) is 5.75 Å². The number of carbonyl (C=O) groups is 3. The number of hydrogen-bond donors (Lipinski definition) is 1. The van der Waals surface area contributed by atoms with Crippen molar-refractivity contribution in [2.75, 3.05) is 32.8 Å². The molecule has 0 aliphatic rings. The third-order valence-electron chi connectivity index (χ3n) is 4.56. The molecule has 0 spiro atoms. The highest BCUT2D eigenvalue weighted by Crippen LogP contribution is 2.34. The lowest BCUT2D eigenvalue weighted by Gasteiger charge is -2.15.